The Morgan fingerprint density at radius 2 is 2.13 bits per heavy atom. The van der Waals surface area contributed by atoms with Crippen LogP contribution in [0.25, 0.3) is 0 Å². The summed E-state index contributed by atoms with van der Waals surface area (Å²) in [7, 11) is 1.51. The predicted octanol–water partition coefficient (Wildman–Crippen LogP) is 0.688. The summed E-state index contributed by atoms with van der Waals surface area (Å²) in [5, 5.41) is 2.88. The van der Waals surface area contributed by atoms with Crippen molar-refractivity contribution in [3.63, 3.8) is 0 Å². The predicted molar refractivity (Wildman–Crippen MR) is 62.1 cm³/mol. The third-order valence-corrected chi connectivity index (χ3v) is 2.83. The number of halogens is 1. The van der Waals surface area contributed by atoms with E-state index in [4.69, 9.17) is 10.5 Å². The molecule has 0 radical (unpaired) electrons. The molecule has 1 amide bonds. The zero-order valence-corrected chi connectivity index (χ0v) is 10.0. The zero-order valence-electron chi connectivity index (χ0n) is 9.20. The van der Waals surface area contributed by atoms with E-state index in [1.54, 1.807) is 0 Å². The molecule has 90 valence electrons. The topological polar surface area (TPSA) is 64.3 Å². The van der Waals surface area contributed by atoms with Gasteiger partial charge in [-0.05, 0) is 18.8 Å². The first kappa shape index (κ1) is 14.7. The number of carbonyl (C=O) groups is 1. The highest BCUT2D eigenvalue weighted by Gasteiger charge is 2.19. The fourth-order valence-electron chi connectivity index (χ4n) is 1.88. The van der Waals surface area contributed by atoms with E-state index in [0.717, 1.165) is 6.54 Å². The molecule has 0 spiro atoms. The maximum absolute atomic E-state index is 11.4. The van der Waals surface area contributed by atoms with E-state index in [1.165, 1.54) is 32.8 Å². The smallest absolute Gasteiger partial charge is 0.250 e. The Hall–Kier alpha value is -0.320. The summed E-state index contributed by atoms with van der Waals surface area (Å²) in [6.07, 6.45) is 4.58. The maximum atomic E-state index is 11.4. The van der Waals surface area contributed by atoms with E-state index >= 15 is 0 Å². The Labute approximate surface area is 97.3 Å². The summed E-state index contributed by atoms with van der Waals surface area (Å²) in [6.45, 7) is 1.02. The van der Waals surface area contributed by atoms with Gasteiger partial charge in [0.1, 0.15) is 6.10 Å². The van der Waals surface area contributed by atoms with Crippen LogP contribution in [0.2, 0.25) is 0 Å². The van der Waals surface area contributed by atoms with Crippen LogP contribution >= 0.6 is 12.4 Å². The number of hydrogen-bond donors (Lipinski definition) is 2. The van der Waals surface area contributed by atoms with Crippen molar-refractivity contribution in [2.75, 3.05) is 20.2 Å². The van der Waals surface area contributed by atoms with Crippen molar-refractivity contribution in [3.8, 4) is 0 Å². The molecule has 1 fully saturated rings. The van der Waals surface area contributed by atoms with Crippen molar-refractivity contribution in [2.24, 2.45) is 11.7 Å². The molecule has 5 heteroatoms. The van der Waals surface area contributed by atoms with Crippen LogP contribution in [-0.2, 0) is 9.53 Å². The lowest BCUT2D eigenvalue weighted by Gasteiger charge is -2.15. The monoisotopic (exact) mass is 236 g/mol. The standard InChI is InChI=1S/C10H20N2O2.ClH/c1-14-9(6-11)10(13)12-7-8-4-2-3-5-8;/h8-9H,2-7,11H2,1H3,(H,12,13);1H. The minimum atomic E-state index is -0.489. The van der Waals surface area contributed by atoms with Crippen molar-refractivity contribution in [1.29, 1.82) is 0 Å². The molecule has 1 unspecified atom stereocenters. The van der Waals surface area contributed by atoms with Gasteiger partial charge in [0.15, 0.2) is 0 Å². The first-order valence-corrected chi connectivity index (χ1v) is 5.28. The van der Waals surface area contributed by atoms with Gasteiger partial charge in [0.25, 0.3) is 0 Å². The Kier molecular flexibility index (Phi) is 7.74. The minimum Gasteiger partial charge on any atom is -0.370 e. The van der Waals surface area contributed by atoms with Crippen LogP contribution in [0.3, 0.4) is 0 Å². The quantitative estimate of drug-likeness (QED) is 0.738. The van der Waals surface area contributed by atoms with E-state index in [0.29, 0.717) is 5.92 Å². The zero-order chi connectivity index (χ0) is 10.4. The Morgan fingerprint density at radius 3 is 2.60 bits per heavy atom. The van der Waals surface area contributed by atoms with Crippen LogP contribution in [0.1, 0.15) is 25.7 Å². The number of nitrogens with one attached hydrogen (secondary N) is 1. The molecule has 1 rings (SSSR count). The number of ether oxygens (including phenoxy) is 1. The second kappa shape index (κ2) is 7.91. The largest absolute Gasteiger partial charge is 0.370 e. The second-order valence-corrected chi connectivity index (χ2v) is 3.86. The molecule has 0 bridgehead atoms. The average Bonchev–Trinajstić information content (AvgIpc) is 2.69. The van der Waals surface area contributed by atoms with Crippen molar-refractivity contribution < 1.29 is 9.53 Å². The van der Waals surface area contributed by atoms with Gasteiger partial charge in [0.2, 0.25) is 5.91 Å². The summed E-state index contributed by atoms with van der Waals surface area (Å²) in [4.78, 5) is 11.4. The van der Waals surface area contributed by atoms with Crippen LogP contribution in [0.5, 0.6) is 0 Å². The summed E-state index contributed by atoms with van der Waals surface area (Å²) < 4.78 is 4.94. The lowest BCUT2D eigenvalue weighted by molar-refractivity contribution is -0.130. The van der Waals surface area contributed by atoms with Gasteiger partial charge in [-0.1, -0.05) is 12.8 Å². The average molecular weight is 237 g/mol. The lowest BCUT2D eigenvalue weighted by atomic mass is 10.1. The van der Waals surface area contributed by atoms with Gasteiger partial charge in [-0.15, -0.1) is 12.4 Å². The maximum Gasteiger partial charge on any atom is 0.250 e. The Bertz CT molecular complexity index is 180. The summed E-state index contributed by atoms with van der Waals surface area (Å²) in [5.74, 6) is 0.580. The number of hydrogen-bond acceptors (Lipinski definition) is 3. The molecule has 1 atom stereocenters. The number of nitrogens with two attached hydrogens (primary N) is 1. The van der Waals surface area contributed by atoms with Crippen molar-refractivity contribution >= 4 is 18.3 Å². The fourth-order valence-corrected chi connectivity index (χ4v) is 1.88. The molecular weight excluding hydrogens is 216 g/mol. The number of rotatable bonds is 5. The van der Waals surface area contributed by atoms with Crippen LogP contribution in [0.4, 0.5) is 0 Å². The normalized spacial score (nSPS) is 18.3. The van der Waals surface area contributed by atoms with Crippen LogP contribution in [0.15, 0.2) is 0 Å². The third kappa shape index (κ3) is 4.82. The number of amides is 1. The molecule has 0 aromatic heterocycles. The van der Waals surface area contributed by atoms with Gasteiger partial charge < -0.3 is 15.8 Å². The third-order valence-electron chi connectivity index (χ3n) is 2.83. The second-order valence-electron chi connectivity index (χ2n) is 3.86. The van der Waals surface area contributed by atoms with Crippen LogP contribution < -0.4 is 11.1 Å². The molecule has 3 N–H and O–H groups in total. The highest BCUT2D eigenvalue weighted by molar-refractivity contribution is 5.85. The Morgan fingerprint density at radius 1 is 1.53 bits per heavy atom. The molecule has 0 aromatic rings. The molecule has 1 aliphatic carbocycles. The van der Waals surface area contributed by atoms with Crippen molar-refractivity contribution in [1.82, 2.24) is 5.32 Å². The van der Waals surface area contributed by atoms with Gasteiger partial charge >= 0.3 is 0 Å². The Balaban J connectivity index is 0.00000196. The van der Waals surface area contributed by atoms with E-state index in [1.807, 2.05) is 0 Å². The molecular formula is C10H21ClN2O2. The SMILES string of the molecule is COC(CN)C(=O)NCC1CCCC1.Cl. The molecule has 4 nitrogen and oxygen atoms in total. The fraction of sp³-hybridized carbons (Fsp3) is 0.900. The van der Waals surface area contributed by atoms with E-state index in [9.17, 15) is 4.79 Å². The lowest BCUT2D eigenvalue weighted by Crippen LogP contribution is -2.42. The summed E-state index contributed by atoms with van der Waals surface area (Å²) in [5.41, 5.74) is 5.38. The molecule has 1 saturated carbocycles. The van der Waals surface area contributed by atoms with Crippen molar-refractivity contribution in [2.45, 2.75) is 31.8 Å². The van der Waals surface area contributed by atoms with Gasteiger partial charge in [-0.2, -0.15) is 0 Å². The molecule has 0 saturated heterocycles. The van der Waals surface area contributed by atoms with Crippen LogP contribution in [-0.4, -0.2) is 32.2 Å². The van der Waals surface area contributed by atoms with Gasteiger partial charge in [0, 0.05) is 20.2 Å². The van der Waals surface area contributed by atoms with E-state index < -0.39 is 6.10 Å². The van der Waals surface area contributed by atoms with Gasteiger partial charge in [0.05, 0.1) is 0 Å². The summed E-state index contributed by atoms with van der Waals surface area (Å²) in [6, 6.07) is 0. The van der Waals surface area contributed by atoms with Gasteiger partial charge in [-0.25, -0.2) is 0 Å². The molecule has 0 aromatic carbocycles. The summed E-state index contributed by atoms with van der Waals surface area (Å²) >= 11 is 0. The highest BCUT2D eigenvalue weighted by atomic mass is 35.5. The van der Waals surface area contributed by atoms with E-state index in [2.05, 4.69) is 5.32 Å². The first-order valence-electron chi connectivity index (χ1n) is 5.28. The van der Waals surface area contributed by atoms with Gasteiger partial charge in [-0.3, -0.25) is 4.79 Å². The first-order chi connectivity index (χ1) is 6.77. The molecule has 0 heterocycles. The van der Waals surface area contributed by atoms with Crippen molar-refractivity contribution in [3.05, 3.63) is 0 Å². The van der Waals surface area contributed by atoms with Crippen LogP contribution in [0, 0.1) is 5.92 Å². The molecule has 0 aliphatic heterocycles. The molecule has 15 heavy (non-hydrogen) atoms. The number of methoxy groups -OCH3 is 1. The van der Waals surface area contributed by atoms with E-state index in [-0.39, 0.29) is 24.9 Å². The number of carbonyl (C=O) groups excluding carboxylic acids is 1. The minimum absolute atomic E-state index is 0. The molecule has 1 aliphatic rings. The highest BCUT2D eigenvalue weighted by Crippen LogP contribution is 2.23.